The van der Waals surface area contributed by atoms with Crippen LogP contribution in [0.15, 0.2) is 82.6 Å². The van der Waals surface area contributed by atoms with Gasteiger partial charge in [0.1, 0.15) is 0 Å². The highest BCUT2D eigenvalue weighted by atomic mass is 32.1. The van der Waals surface area contributed by atoms with Crippen molar-refractivity contribution in [3.63, 3.8) is 0 Å². The van der Waals surface area contributed by atoms with Crippen molar-refractivity contribution in [2.75, 3.05) is 0 Å². The number of pyridine rings is 1. The second-order valence-electron chi connectivity index (χ2n) is 5.69. The van der Waals surface area contributed by atoms with Crippen molar-refractivity contribution >= 4 is 34.4 Å². The molecule has 1 amide bonds. The molecule has 4 rings (SSSR count). The third-order valence-corrected chi connectivity index (χ3v) is 4.65. The van der Waals surface area contributed by atoms with Crippen LogP contribution in [0.25, 0.3) is 22.2 Å². The van der Waals surface area contributed by atoms with E-state index in [2.05, 4.69) is 10.5 Å². The number of hydrogen-bond acceptors (Lipinski definition) is 4. The first-order valence-corrected chi connectivity index (χ1v) is 9.06. The number of hydrazone groups is 1. The van der Waals surface area contributed by atoms with Crippen molar-refractivity contribution in [3.8, 4) is 11.3 Å². The van der Waals surface area contributed by atoms with Crippen LogP contribution < -0.4 is 5.43 Å². The zero-order chi connectivity index (χ0) is 17.8. The fraction of sp³-hybridized carbons (Fsp3) is 0. The number of benzene rings is 2. The van der Waals surface area contributed by atoms with E-state index in [1.54, 1.807) is 17.6 Å². The van der Waals surface area contributed by atoms with Gasteiger partial charge in [0.15, 0.2) is 0 Å². The molecule has 1 N–H and O–H groups in total. The van der Waals surface area contributed by atoms with Crippen LogP contribution in [0, 0.1) is 0 Å². The minimum atomic E-state index is -0.257. The van der Waals surface area contributed by atoms with E-state index in [-0.39, 0.29) is 5.91 Å². The number of carbonyl (C=O) groups excluding carboxylic acids is 1. The fourth-order valence-corrected chi connectivity index (χ4v) is 3.31. The molecule has 0 fully saturated rings. The molecule has 0 aliphatic heterocycles. The molecule has 0 aliphatic carbocycles. The quantitative estimate of drug-likeness (QED) is 0.424. The molecule has 4 nitrogen and oxygen atoms in total. The molecule has 4 aromatic rings. The molecule has 0 atom stereocenters. The van der Waals surface area contributed by atoms with E-state index in [9.17, 15) is 4.79 Å². The monoisotopic (exact) mass is 357 g/mol. The molecule has 0 saturated heterocycles. The molecular weight excluding hydrogens is 342 g/mol. The first kappa shape index (κ1) is 16.2. The molecular formula is C21H15N3OS. The van der Waals surface area contributed by atoms with Crippen molar-refractivity contribution in [2.24, 2.45) is 5.10 Å². The molecule has 2 aromatic heterocycles. The lowest BCUT2D eigenvalue weighted by atomic mass is 10.0. The van der Waals surface area contributed by atoms with Gasteiger partial charge in [-0.25, -0.2) is 10.4 Å². The minimum absolute atomic E-state index is 0.257. The summed E-state index contributed by atoms with van der Waals surface area (Å²) in [5.74, 6) is -0.257. The Morgan fingerprint density at radius 1 is 1.04 bits per heavy atom. The predicted octanol–water partition coefficient (Wildman–Crippen LogP) is 4.73. The largest absolute Gasteiger partial charge is 0.272 e. The standard InChI is InChI=1S/C21H15N3OS/c25-21(24-22-13-15-10-11-26-14-15)18-12-20(16-6-2-1-3-7-16)23-19-9-5-4-8-17(18)19/h1-14H,(H,24,25)/b22-13-. The van der Waals surface area contributed by atoms with Gasteiger partial charge >= 0.3 is 0 Å². The molecule has 5 heteroatoms. The number of rotatable bonds is 4. The first-order chi connectivity index (χ1) is 12.8. The second kappa shape index (κ2) is 7.29. The van der Waals surface area contributed by atoms with Crippen LogP contribution in [-0.4, -0.2) is 17.1 Å². The summed E-state index contributed by atoms with van der Waals surface area (Å²) in [6.45, 7) is 0. The normalized spacial score (nSPS) is 11.1. The van der Waals surface area contributed by atoms with Crippen molar-refractivity contribution in [1.29, 1.82) is 0 Å². The van der Waals surface area contributed by atoms with E-state index in [0.29, 0.717) is 5.56 Å². The predicted molar refractivity (Wildman–Crippen MR) is 107 cm³/mol. The number of nitrogens with one attached hydrogen (secondary N) is 1. The first-order valence-electron chi connectivity index (χ1n) is 8.12. The summed E-state index contributed by atoms with van der Waals surface area (Å²) in [5.41, 5.74) is 6.63. The SMILES string of the molecule is O=C(N/N=C\c1ccsc1)c1cc(-c2ccccc2)nc2ccccc12. The number of thiophene rings is 1. The van der Waals surface area contributed by atoms with E-state index >= 15 is 0 Å². The van der Waals surface area contributed by atoms with Crippen LogP contribution in [-0.2, 0) is 0 Å². The van der Waals surface area contributed by atoms with Gasteiger partial charge in [-0.3, -0.25) is 4.79 Å². The molecule has 0 saturated carbocycles. The zero-order valence-corrected chi connectivity index (χ0v) is 14.6. The average Bonchev–Trinajstić information content (AvgIpc) is 3.21. The van der Waals surface area contributed by atoms with Crippen LogP contribution in [0.2, 0.25) is 0 Å². The fourth-order valence-electron chi connectivity index (χ4n) is 2.69. The van der Waals surface area contributed by atoms with Gasteiger partial charge in [-0.2, -0.15) is 16.4 Å². The highest BCUT2D eigenvalue weighted by Gasteiger charge is 2.13. The van der Waals surface area contributed by atoms with Crippen LogP contribution in [0.3, 0.4) is 0 Å². The number of hydrogen-bond donors (Lipinski definition) is 1. The lowest BCUT2D eigenvalue weighted by Gasteiger charge is -2.09. The molecule has 0 aliphatic rings. The lowest BCUT2D eigenvalue weighted by molar-refractivity contribution is 0.0957. The second-order valence-corrected chi connectivity index (χ2v) is 6.47. The van der Waals surface area contributed by atoms with Crippen molar-refractivity contribution in [2.45, 2.75) is 0 Å². The molecule has 0 bridgehead atoms. The summed E-state index contributed by atoms with van der Waals surface area (Å²) in [5, 5.41) is 8.79. The maximum Gasteiger partial charge on any atom is 0.272 e. The smallest absolute Gasteiger partial charge is 0.267 e. The van der Waals surface area contributed by atoms with Gasteiger partial charge in [-0.05, 0) is 29.0 Å². The lowest BCUT2D eigenvalue weighted by Crippen LogP contribution is -2.18. The molecule has 26 heavy (non-hydrogen) atoms. The summed E-state index contributed by atoms with van der Waals surface area (Å²) in [6, 6.07) is 21.2. The Kier molecular flexibility index (Phi) is 4.53. The van der Waals surface area contributed by atoms with E-state index in [1.807, 2.05) is 77.5 Å². The Morgan fingerprint density at radius 3 is 2.65 bits per heavy atom. The van der Waals surface area contributed by atoms with Gasteiger partial charge in [0.05, 0.1) is 23.0 Å². The summed E-state index contributed by atoms with van der Waals surface area (Å²) >= 11 is 1.58. The zero-order valence-electron chi connectivity index (χ0n) is 13.8. The number of fused-ring (bicyclic) bond motifs is 1. The van der Waals surface area contributed by atoms with Gasteiger partial charge in [0, 0.05) is 16.5 Å². The Balaban J connectivity index is 1.72. The van der Waals surface area contributed by atoms with Gasteiger partial charge in [0.2, 0.25) is 0 Å². The van der Waals surface area contributed by atoms with E-state index in [0.717, 1.165) is 27.7 Å². The third kappa shape index (κ3) is 3.38. The molecule has 2 heterocycles. The van der Waals surface area contributed by atoms with Gasteiger partial charge in [0.25, 0.3) is 5.91 Å². The number of nitrogens with zero attached hydrogens (tertiary/aromatic N) is 2. The van der Waals surface area contributed by atoms with Crippen LogP contribution >= 0.6 is 11.3 Å². The van der Waals surface area contributed by atoms with Crippen LogP contribution in [0.1, 0.15) is 15.9 Å². The molecule has 126 valence electrons. The van der Waals surface area contributed by atoms with E-state index in [4.69, 9.17) is 4.98 Å². The Labute approximate surface area is 154 Å². The molecule has 0 radical (unpaired) electrons. The van der Waals surface area contributed by atoms with Crippen molar-refractivity contribution < 1.29 is 4.79 Å². The highest BCUT2D eigenvalue weighted by molar-refractivity contribution is 7.08. The number of aromatic nitrogens is 1. The summed E-state index contributed by atoms with van der Waals surface area (Å²) in [6.07, 6.45) is 1.63. The molecule has 0 unspecified atom stereocenters. The Hall–Kier alpha value is -3.31. The third-order valence-electron chi connectivity index (χ3n) is 3.95. The molecule has 0 spiro atoms. The van der Waals surface area contributed by atoms with Gasteiger partial charge < -0.3 is 0 Å². The van der Waals surface area contributed by atoms with Gasteiger partial charge in [-0.1, -0.05) is 48.5 Å². The van der Waals surface area contributed by atoms with Crippen LogP contribution in [0.5, 0.6) is 0 Å². The Morgan fingerprint density at radius 2 is 1.85 bits per heavy atom. The Bertz CT molecular complexity index is 1070. The topological polar surface area (TPSA) is 54.4 Å². The summed E-state index contributed by atoms with van der Waals surface area (Å²) < 4.78 is 0. The van der Waals surface area contributed by atoms with Crippen molar-refractivity contribution in [1.82, 2.24) is 10.4 Å². The van der Waals surface area contributed by atoms with Crippen molar-refractivity contribution in [3.05, 3.63) is 88.6 Å². The van der Waals surface area contributed by atoms with Gasteiger partial charge in [-0.15, -0.1) is 0 Å². The number of para-hydroxylation sites is 1. The minimum Gasteiger partial charge on any atom is -0.267 e. The molecule has 2 aromatic carbocycles. The number of carbonyl (C=O) groups is 1. The van der Waals surface area contributed by atoms with Crippen LogP contribution in [0.4, 0.5) is 0 Å². The van der Waals surface area contributed by atoms with E-state index < -0.39 is 0 Å². The highest BCUT2D eigenvalue weighted by Crippen LogP contribution is 2.24. The summed E-state index contributed by atoms with van der Waals surface area (Å²) in [4.78, 5) is 17.4. The maximum atomic E-state index is 12.7. The van der Waals surface area contributed by atoms with E-state index in [1.165, 1.54) is 0 Å². The maximum absolute atomic E-state index is 12.7. The average molecular weight is 357 g/mol. The summed E-state index contributed by atoms with van der Waals surface area (Å²) in [7, 11) is 0. The number of amides is 1.